The van der Waals surface area contributed by atoms with E-state index in [0.717, 1.165) is 25.7 Å². The number of carbonyl (C=O) groups excluding carboxylic acids is 1. The Morgan fingerprint density at radius 3 is 2.20 bits per heavy atom. The van der Waals surface area contributed by atoms with Gasteiger partial charge in [0.25, 0.3) is 0 Å². The fraction of sp³-hybridized carbons (Fsp3) is 0.818. The van der Waals surface area contributed by atoms with Crippen molar-refractivity contribution in [3.63, 3.8) is 0 Å². The minimum Gasteiger partial charge on any atom is -0.480 e. The first-order valence-corrected chi connectivity index (χ1v) is 5.49. The van der Waals surface area contributed by atoms with Crippen molar-refractivity contribution in [1.29, 1.82) is 0 Å². The van der Waals surface area contributed by atoms with E-state index in [1.807, 2.05) is 0 Å². The fourth-order valence-corrected chi connectivity index (χ4v) is 1.71. The van der Waals surface area contributed by atoms with Gasteiger partial charge in [0, 0.05) is 6.04 Å². The summed E-state index contributed by atoms with van der Waals surface area (Å²) in [6.07, 6.45) is 5.41. The maximum Gasteiger partial charge on any atom is 0.318 e. The summed E-state index contributed by atoms with van der Waals surface area (Å²) in [4.78, 5) is 22.5. The maximum atomic E-state index is 11.7. The number of aliphatic carboxylic acids is 1. The number of hydrogen-bond donors (Lipinski definition) is 2. The van der Waals surface area contributed by atoms with E-state index in [2.05, 4.69) is 5.32 Å². The van der Waals surface area contributed by atoms with Gasteiger partial charge >= 0.3 is 5.97 Å². The van der Waals surface area contributed by atoms with Crippen LogP contribution in [0.1, 0.15) is 46.0 Å². The highest BCUT2D eigenvalue weighted by Crippen LogP contribution is 2.20. The van der Waals surface area contributed by atoms with Crippen LogP contribution in [0.2, 0.25) is 0 Å². The first-order chi connectivity index (χ1) is 6.94. The maximum absolute atomic E-state index is 11.7. The average molecular weight is 213 g/mol. The van der Waals surface area contributed by atoms with Crippen LogP contribution in [0, 0.1) is 5.41 Å². The minimum atomic E-state index is -1.32. The second-order valence-electron chi connectivity index (χ2n) is 4.74. The molecule has 0 spiro atoms. The van der Waals surface area contributed by atoms with E-state index in [-0.39, 0.29) is 11.9 Å². The van der Waals surface area contributed by atoms with E-state index in [9.17, 15) is 9.59 Å². The van der Waals surface area contributed by atoms with Gasteiger partial charge in [-0.15, -0.1) is 0 Å². The molecule has 1 aliphatic rings. The lowest BCUT2D eigenvalue weighted by Crippen LogP contribution is -2.47. The Morgan fingerprint density at radius 2 is 1.73 bits per heavy atom. The van der Waals surface area contributed by atoms with E-state index in [0.29, 0.717) is 0 Å². The summed E-state index contributed by atoms with van der Waals surface area (Å²) in [5, 5.41) is 11.7. The van der Waals surface area contributed by atoms with Crippen LogP contribution in [-0.4, -0.2) is 23.0 Å². The second kappa shape index (κ2) is 4.64. The number of rotatable bonds is 3. The Hall–Kier alpha value is -1.06. The molecule has 0 unspecified atom stereocenters. The third kappa shape index (κ3) is 2.94. The third-order valence-corrected chi connectivity index (χ3v) is 3.04. The number of amides is 1. The van der Waals surface area contributed by atoms with E-state index < -0.39 is 11.4 Å². The van der Waals surface area contributed by atoms with Crippen LogP contribution in [0.4, 0.5) is 0 Å². The molecule has 0 bridgehead atoms. The van der Waals surface area contributed by atoms with Crippen molar-refractivity contribution >= 4 is 11.9 Å². The molecule has 0 heterocycles. The summed E-state index contributed by atoms with van der Waals surface area (Å²) in [5.41, 5.74) is -1.32. The molecule has 0 radical (unpaired) electrons. The molecule has 1 rings (SSSR count). The first-order valence-electron chi connectivity index (χ1n) is 5.49. The van der Waals surface area contributed by atoms with Gasteiger partial charge in [0.05, 0.1) is 0 Å². The van der Waals surface area contributed by atoms with E-state index in [1.54, 1.807) is 0 Å². The topological polar surface area (TPSA) is 66.4 Å². The smallest absolute Gasteiger partial charge is 0.318 e. The lowest BCUT2D eigenvalue weighted by Gasteiger charge is -2.26. The molecule has 4 heteroatoms. The van der Waals surface area contributed by atoms with E-state index in [4.69, 9.17) is 5.11 Å². The Morgan fingerprint density at radius 1 is 1.20 bits per heavy atom. The number of hydrogen-bond acceptors (Lipinski definition) is 2. The summed E-state index contributed by atoms with van der Waals surface area (Å²) in [6, 6.07) is 0.171. The number of carbonyl (C=O) groups is 2. The van der Waals surface area contributed by atoms with Crippen LogP contribution in [0.25, 0.3) is 0 Å². The molecule has 1 aliphatic carbocycles. The average Bonchev–Trinajstić information content (AvgIpc) is 2.18. The monoisotopic (exact) mass is 213 g/mol. The van der Waals surface area contributed by atoms with Crippen LogP contribution in [-0.2, 0) is 9.59 Å². The Kier molecular flexibility index (Phi) is 3.72. The van der Waals surface area contributed by atoms with Gasteiger partial charge in [-0.1, -0.05) is 19.3 Å². The largest absolute Gasteiger partial charge is 0.480 e. The molecule has 0 aromatic carbocycles. The molecule has 0 aromatic rings. The summed E-state index contributed by atoms with van der Waals surface area (Å²) in [5.74, 6) is -1.45. The standard InChI is InChI=1S/C11H19NO3/c1-11(2,10(14)15)9(13)12-8-6-4-3-5-7-8/h8H,3-7H2,1-2H3,(H,12,13)(H,14,15). The van der Waals surface area contributed by atoms with E-state index >= 15 is 0 Å². The van der Waals surface area contributed by atoms with Crippen LogP contribution < -0.4 is 5.32 Å². The van der Waals surface area contributed by atoms with Crippen LogP contribution in [0.5, 0.6) is 0 Å². The second-order valence-corrected chi connectivity index (χ2v) is 4.74. The zero-order valence-electron chi connectivity index (χ0n) is 9.38. The van der Waals surface area contributed by atoms with Crippen molar-refractivity contribution in [2.45, 2.75) is 52.0 Å². The van der Waals surface area contributed by atoms with Gasteiger partial charge in [-0.2, -0.15) is 0 Å². The zero-order valence-corrected chi connectivity index (χ0v) is 9.38. The van der Waals surface area contributed by atoms with Crippen LogP contribution in [0.3, 0.4) is 0 Å². The van der Waals surface area contributed by atoms with Gasteiger partial charge in [-0.3, -0.25) is 9.59 Å². The molecule has 1 fully saturated rings. The molecule has 1 amide bonds. The van der Waals surface area contributed by atoms with Crippen molar-refractivity contribution in [2.75, 3.05) is 0 Å². The van der Waals surface area contributed by atoms with Gasteiger partial charge in [0.15, 0.2) is 0 Å². The number of carboxylic acid groups (broad SMARTS) is 1. The molecule has 4 nitrogen and oxygen atoms in total. The molecule has 0 saturated heterocycles. The molecule has 1 saturated carbocycles. The Labute approximate surface area is 90.0 Å². The molecule has 86 valence electrons. The predicted molar refractivity (Wildman–Crippen MR) is 56.4 cm³/mol. The van der Waals surface area contributed by atoms with Crippen molar-refractivity contribution in [1.82, 2.24) is 5.32 Å². The van der Waals surface area contributed by atoms with Crippen molar-refractivity contribution in [3.8, 4) is 0 Å². The lowest BCUT2D eigenvalue weighted by atomic mass is 9.90. The first kappa shape index (κ1) is 12.0. The van der Waals surface area contributed by atoms with E-state index in [1.165, 1.54) is 20.3 Å². The molecular weight excluding hydrogens is 194 g/mol. The normalized spacial score (nSPS) is 18.5. The zero-order chi connectivity index (χ0) is 11.5. The van der Waals surface area contributed by atoms with Crippen molar-refractivity contribution in [2.24, 2.45) is 5.41 Å². The molecule has 0 atom stereocenters. The summed E-state index contributed by atoms with van der Waals surface area (Å²) in [6.45, 7) is 2.88. The van der Waals surface area contributed by atoms with Crippen LogP contribution >= 0.6 is 0 Å². The van der Waals surface area contributed by atoms with Crippen LogP contribution in [0.15, 0.2) is 0 Å². The highest BCUT2D eigenvalue weighted by Gasteiger charge is 2.36. The highest BCUT2D eigenvalue weighted by molar-refractivity contribution is 6.01. The van der Waals surface area contributed by atoms with Crippen molar-refractivity contribution < 1.29 is 14.7 Å². The fourth-order valence-electron chi connectivity index (χ4n) is 1.71. The van der Waals surface area contributed by atoms with Crippen molar-refractivity contribution in [3.05, 3.63) is 0 Å². The molecule has 0 aromatic heterocycles. The van der Waals surface area contributed by atoms with Gasteiger partial charge < -0.3 is 10.4 Å². The SMILES string of the molecule is CC(C)(C(=O)O)C(=O)NC1CCCCC1. The Balaban J connectivity index is 2.50. The number of carboxylic acids is 1. The Bertz CT molecular complexity index is 255. The minimum absolute atomic E-state index is 0.171. The molecule has 2 N–H and O–H groups in total. The molecular formula is C11H19NO3. The third-order valence-electron chi connectivity index (χ3n) is 3.04. The van der Waals surface area contributed by atoms with Gasteiger partial charge in [0.2, 0.25) is 5.91 Å². The highest BCUT2D eigenvalue weighted by atomic mass is 16.4. The summed E-state index contributed by atoms with van der Waals surface area (Å²) >= 11 is 0. The molecule has 0 aliphatic heterocycles. The van der Waals surface area contributed by atoms with Gasteiger partial charge in [0.1, 0.15) is 5.41 Å². The predicted octanol–water partition coefficient (Wildman–Crippen LogP) is 1.55. The quantitative estimate of drug-likeness (QED) is 0.699. The van der Waals surface area contributed by atoms with Gasteiger partial charge in [-0.25, -0.2) is 0 Å². The number of nitrogens with one attached hydrogen (secondary N) is 1. The lowest BCUT2D eigenvalue weighted by molar-refractivity contribution is -0.153. The summed E-state index contributed by atoms with van der Waals surface area (Å²) in [7, 11) is 0. The van der Waals surface area contributed by atoms with Gasteiger partial charge in [-0.05, 0) is 26.7 Å². The summed E-state index contributed by atoms with van der Waals surface area (Å²) < 4.78 is 0. The molecule has 15 heavy (non-hydrogen) atoms.